The Kier molecular flexibility index (Phi) is 6.25. The van der Waals surface area contributed by atoms with Gasteiger partial charge in [-0.3, -0.25) is 0 Å². The van der Waals surface area contributed by atoms with Gasteiger partial charge in [0, 0.05) is 19.7 Å². The molecule has 0 radical (unpaired) electrons. The van der Waals surface area contributed by atoms with E-state index in [2.05, 4.69) is 19.2 Å². The lowest BCUT2D eigenvalue weighted by Crippen LogP contribution is -2.21. The minimum absolute atomic E-state index is 0.139. The third-order valence-corrected chi connectivity index (χ3v) is 2.61. The minimum Gasteiger partial charge on any atom is -0.493 e. The summed E-state index contributed by atoms with van der Waals surface area (Å²) in [6.07, 6.45) is 0. The second-order valence-electron chi connectivity index (χ2n) is 4.20. The molecule has 0 aliphatic carbocycles. The molecular formula is C13H20ClNO3. The van der Waals surface area contributed by atoms with Gasteiger partial charge in [-0.2, -0.15) is 0 Å². The molecule has 0 unspecified atom stereocenters. The summed E-state index contributed by atoms with van der Waals surface area (Å²) in [6.45, 7) is 5.06. The normalized spacial score (nSPS) is 10.8. The second kappa shape index (κ2) is 7.46. The van der Waals surface area contributed by atoms with Crippen LogP contribution in [-0.4, -0.2) is 27.1 Å². The molecule has 0 heterocycles. The molecule has 0 bridgehead atoms. The molecule has 1 aromatic carbocycles. The Bertz CT molecular complexity index is 383. The summed E-state index contributed by atoms with van der Waals surface area (Å²) in [5.74, 6) is 1.12. The lowest BCUT2D eigenvalue weighted by molar-refractivity contribution is 0.0492. The molecule has 0 atom stereocenters. The van der Waals surface area contributed by atoms with Crippen molar-refractivity contribution in [2.45, 2.75) is 26.4 Å². The van der Waals surface area contributed by atoms with Gasteiger partial charge in [-0.1, -0.05) is 25.4 Å². The van der Waals surface area contributed by atoms with Gasteiger partial charge >= 0.3 is 0 Å². The molecule has 1 aromatic rings. The summed E-state index contributed by atoms with van der Waals surface area (Å²) in [7, 11) is 3.15. The van der Waals surface area contributed by atoms with Gasteiger partial charge in [0.2, 0.25) is 0 Å². The fourth-order valence-electron chi connectivity index (χ4n) is 1.46. The molecule has 0 spiro atoms. The van der Waals surface area contributed by atoms with Crippen LogP contribution in [0.1, 0.15) is 19.4 Å². The maximum atomic E-state index is 6.18. The topological polar surface area (TPSA) is 39.7 Å². The molecule has 0 fully saturated rings. The van der Waals surface area contributed by atoms with Gasteiger partial charge in [0.05, 0.1) is 12.1 Å². The lowest BCUT2D eigenvalue weighted by atomic mass is 10.2. The highest BCUT2D eigenvalue weighted by Gasteiger charge is 2.12. The van der Waals surface area contributed by atoms with E-state index in [9.17, 15) is 0 Å². The summed E-state index contributed by atoms with van der Waals surface area (Å²) in [5.41, 5.74) is 1.05. The monoisotopic (exact) mass is 273 g/mol. The Morgan fingerprint density at radius 1 is 1.28 bits per heavy atom. The molecule has 1 rings (SSSR count). The van der Waals surface area contributed by atoms with Crippen LogP contribution in [0.4, 0.5) is 0 Å². The molecular weight excluding hydrogens is 254 g/mol. The second-order valence-corrected chi connectivity index (χ2v) is 4.60. The van der Waals surface area contributed by atoms with Crippen molar-refractivity contribution in [3.8, 4) is 11.5 Å². The largest absolute Gasteiger partial charge is 0.493 e. The molecule has 0 aliphatic heterocycles. The third kappa shape index (κ3) is 4.37. The number of methoxy groups -OCH3 is 2. The number of hydrogen-bond acceptors (Lipinski definition) is 4. The van der Waals surface area contributed by atoms with Gasteiger partial charge in [-0.05, 0) is 17.7 Å². The van der Waals surface area contributed by atoms with Crippen molar-refractivity contribution in [2.24, 2.45) is 0 Å². The maximum absolute atomic E-state index is 6.18. The first-order chi connectivity index (χ1) is 8.58. The standard InChI is InChI=1S/C13H20ClNO3/c1-9(2)15-7-10-5-11(14)13(18-8-16-3)12(6-10)17-4/h5-6,9,15H,7-8H2,1-4H3. The first kappa shape index (κ1) is 15.1. The predicted octanol–water partition coefficient (Wildman–Crippen LogP) is 2.83. The quantitative estimate of drug-likeness (QED) is 0.776. The van der Waals surface area contributed by atoms with E-state index in [1.165, 1.54) is 0 Å². The smallest absolute Gasteiger partial charge is 0.188 e. The molecule has 5 heteroatoms. The zero-order chi connectivity index (χ0) is 13.5. The average Bonchev–Trinajstić information content (AvgIpc) is 2.34. The van der Waals surface area contributed by atoms with Crippen molar-refractivity contribution in [2.75, 3.05) is 21.0 Å². The number of ether oxygens (including phenoxy) is 3. The number of rotatable bonds is 7. The Morgan fingerprint density at radius 3 is 2.56 bits per heavy atom. The summed E-state index contributed by atoms with van der Waals surface area (Å²) in [4.78, 5) is 0. The van der Waals surface area contributed by atoms with Crippen LogP contribution in [0.3, 0.4) is 0 Å². The lowest BCUT2D eigenvalue weighted by Gasteiger charge is -2.14. The predicted molar refractivity (Wildman–Crippen MR) is 72.5 cm³/mol. The van der Waals surface area contributed by atoms with Crippen molar-refractivity contribution < 1.29 is 14.2 Å². The molecule has 0 amide bonds. The van der Waals surface area contributed by atoms with E-state index in [-0.39, 0.29) is 6.79 Å². The van der Waals surface area contributed by atoms with E-state index in [1.54, 1.807) is 14.2 Å². The highest BCUT2D eigenvalue weighted by atomic mass is 35.5. The summed E-state index contributed by atoms with van der Waals surface area (Å²) in [5, 5.41) is 3.84. The van der Waals surface area contributed by atoms with E-state index < -0.39 is 0 Å². The SMILES string of the molecule is COCOc1c(Cl)cc(CNC(C)C)cc1OC. The molecule has 0 aliphatic rings. The zero-order valence-electron chi connectivity index (χ0n) is 11.2. The van der Waals surface area contributed by atoms with Crippen molar-refractivity contribution in [1.82, 2.24) is 5.32 Å². The van der Waals surface area contributed by atoms with Gasteiger partial charge in [-0.25, -0.2) is 0 Å². The van der Waals surface area contributed by atoms with Gasteiger partial charge in [0.1, 0.15) is 0 Å². The molecule has 18 heavy (non-hydrogen) atoms. The van der Waals surface area contributed by atoms with Crippen molar-refractivity contribution in [3.05, 3.63) is 22.7 Å². The van der Waals surface area contributed by atoms with E-state index in [4.69, 9.17) is 25.8 Å². The molecule has 102 valence electrons. The first-order valence-electron chi connectivity index (χ1n) is 5.80. The van der Waals surface area contributed by atoms with Crippen molar-refractivity contribution in [1.29, 1.82) is 0 Å². The summed E-state index contributed by atoms with van der Waals surface area (Å²) >= 11 is 6.18. The fourth-order valence-corrected chi connectivity index (χ4v) is 1.74. The van der Waals surface area contributed by atoms with Crippen LogP contribution in [-0.2, 0) is 11.3 Å². The van der Waals surface area contributed by atoms with Gasteiger partial charge in [0.25, 0.3) is 0 Å². The van der Waals surface area contributed by atoms with Crippen LogP contribution in [0.15, 0.2) is 12.1 Å². The van der Waals surface area contributed by atoms with Gasteiger partial charge in [-0.15, -0.1) is 0 Å². The van der Waals surface area contributed by atoms with Crippen molar-refractivity contribution in [3.63, 3.8) is 0 Å². The molecule has 4 nitrogen and oxygen atoms in total. The maximum Gasteiger partial charge on any atom is 0.188 e. The Hall–Kier alpha value is -0.970. The molecule has 0 saturated carbocycles. The fraction of sp³-hybridized carbons (Fsp3) is 0.538. The molecule has 1 N–H and O–H groups in total. The average molecular weight is 274 g/mol. The highest BCUT2D eigenvalue weighted by molar-refractivity contribution is 6.32. The Balaban J connectivity index is 2.88. The van der Waals surface area contributed by atoms with E-state index in [0.29, 0.717) is 22.6 Å². The van der Waals surface area contributed by atoms with Gasteiger partial charge < -0.3 is 19.5 Å². The Morgan fingerprint density at radius 2 is 2.00 bits per heavy atom. The van der Waals surface area contributed by atoms with Crippen LogP contribution in [0.25, 0.3) is 0 Å². The highest BCUT2D eigenvalue weighted by Crippen LogP contribution is 2.36. The van der Waals surface area contributed by atoms with Gasteiger partial charge in [0.15, 0.2) is 18.3 Å². The number of benzene rings is 1. The summed E-state index contributed by atoms with van der Waals surface area (Å²) in [6, 6.07) is 4.19. The van der Waals surface area contributed by atoms with E-state index >= 15 is 0 Å². The van der Waals surface area contributed by atoms with Crippen molar-refractivity contribution >= 4 is 11.6 Å². The van der Waals surface area contributed by atoms with E-state index in [1.807, 2.05) is 12.1 Å². The molecule has 0 aromatic heterocycles. The van der Waals surface area contributed by atoms with Crippen LogP contribution in [0.2, 0.25) is 5.02 Å². The van der Waals surface area contributed by atoms with Crippen LogP contribution < -0.4 is 14.8 Å². The third-order valence-electron chi connectivity index (χ3n) is 2.32. The minimum atomic E-state index is 0.139. The van der Waals surface area contributed by atoms with Crippen LogP contribution >= 0.6 is 11.6 Å². The summed E-state index contributed by atoms with van der Waals surface area (Å²) < 4.78 is 15.5. The Labute approximate surface area is 113 Å². The number of halogens is 1. The first-order valence-corrected chi connectivity index (χ1v) is 6.17. The van der Waals surface area contributed by atoms with E-state index in [0.717, 1.165) is 12.1 Å². The van der Waals surface area contributed by atoms with Crippen LogP contribution in [0.5, 0.6) is 11.5 Å². The molecule has 0 saturated heterocycles. The number of nitrogens with one attached hydrogen (secondary N) is 1. The number of hydrogen-bond donors (Lipinski definition) is 1. The zero-order valence-corrected chi connectivity index (χ0v) is 12.0. The van der Waals surface area contributed by atoms with Crippen LogP contribution in [0, 0.1) is 0 Å².